The minimum absolute atomic E-state index is 0.817. The number of pyridine rings is 1. The molecule has 1 saturated heterocycles. The van der Waals surface area contributed by atoms with E-state index in [4.69, 9.17) is 4.74 Å². The standard InChI is InChI=1S/C23H23N2O/c1-2-8-19(9-3-1)23(22-12-6-7-13-24-22)21-11-5-4-10-20(21)18-25-14-16-26-17-15-25/h1-13H,14-18H2. The first kappa shape index (κ1) is 17.0. The van der Waals surface area contributed by atoms with Crippen molar-refractivity contribution in [2.45, 2.75) is 6.54 Å². The highest BCUT2D eigenvalue weighted by molar-refractivity contribution is 5.57. The number of hydrogen-bond acceptors (Lipinski definition) is 3. The summed E-state index contributed by atoms with van der Waals surface area (Å²) in [6, 6.07) is 25.3. The Morgan fingerprint density at radius 3 is 2.35 bits per heavy atom. The molecular formula is C23H23N2O. The second-order valence-corrected chi connectivity index (χ2v) is 6.50. The summed E-state index contributed by atoms with van der Waals surface area (Å²) < 4.78 is 5.50. The molecule has 0 amide bonds. The van der Waals surface area contributed by atoms with Gasteiger partial charge in [0.2, 0.25) is 0 Å². The van der Waals surface area contributed by atoms with Gasteiger partial charge in [0.05, 0.1) is 24.8 Å². The Morgan fingerprint density at radius 1 is 0.846 bits per heavy atom. The summed E-state index contributed by atoms with van der Waals surface area (Å²) in [7, 11) is 0. The van der Waals surface area contributed by atoms with Crippen LogP contribution in [0, 0.1) is 5.92 Å². The summed E-state index contributed by atoms with van der Waals surface area (Å²) in [6.45, 7) is 4.54. The van der Waals surface area contributed by atoms with Crippen molar-refractivity contribution < 1.29 is 4.74 Å². The van der Waals surface area contributed by atoms with Gasteiger partial charge < -0.3 is 4.74 Å². The smallest absolute Gasteiger partial charge is 0.0820 e. The average Bonchev–Trinajstić information content (AvgIpc) is 2.72. The lowest BCUT2D eigenvalue weighted by molar-refractivity contribution is 0.0341. The lowest BCUT2D eigenvalue weighted by Crippen LogP contribution is -2.36. The van der Waals surface area contributed by atoms with Gasteiger partial charge in [-0.1, -0.05) is 60.7 Å². The number of hydrogen-bond donors (Lipinski definition) is 0. The van der Waals surface area contributed by atoms with Gasteiger partial charge >= 0.3 is 0 Å². The highest BCUT2D eigenvalue weighted by atomic mass is 16.5. The fourth-order valence-electron chi connectivity index (χ4n) is 3.46. The van der Waals surface area contributed by atoms with E-state index in [1.807, 2.05) is 12.3 Å². The molecule has 2 aromatic carbocycles. The van der Waals surface area contributed by atoms with E-state index in [0.29, 0.717) is 0 Å². The molecule has 1 aromatic heterocycles. The second-order valence-electron chi connectivity index (χ2n) is 6.50. The van der Waals surface area contributed by atoms with Gasteiger partial charge in [-0.25, -0.2) is 0 Å². The third-order valence-corrected chi connectivity index (χ3v) is 4.77. The van der Waals surface area contributed by atoms with Crippen LogP contribution in [0.4, 0.5) is 0 Å². The number of benzene rings is 2. The van der Waals surface area contributed by atoms with Gasteiger partial charge in [-0.3, -0.25) is 9.88 Å². The molecule has 26 heavy (non-hydrogen) atoms. The molecule has 3 aromatic rings. The summed E-state index contributed by atoms with van der Waals surface area (Å²) in [5, 5.41) is 0. The van der Waals surface area contributed by atoms with Crippen molar-refractivity contribution in [2.75, 3.05) is 26.3 Å². The molecule has 1 fully saturated rings. The molecule has 0 saturated carbocycles. The highest BCUT2D eigenvalue weighted by Crippen LogP contribution is 2.32. The van der Waals surface area contributed by atoms with Crippen molar-refractivity contribution in [1.82, 2.24) is 9.88 Å². The molecule has 3 nitrogen and oxygen atoms in total. The Labute approximate surface area is 155 Å². The summed E-state index contributed by atoms with van der Waals surface area (Å²) in [5.74, 6) is 1.19. The van der Waals surface area contributed by atoms with E-state index in [1.54, 1.807) is 0 Å². The molecule has 0 aliphatic carbocycles. The highest BCUT2D eigenvalue weighted by Gasteiger charge is 2.22. The molecule has 131 valence electrons. The third-order valence-electron chi connectivity index (χ3n) is 4.77. The number of nitrogens with zero attached hydrogens (tertiary/aromatic N) is 2. The van der Waals surface area contributed by atoms with E-state index >= 15 is 0 Å². The number of aromatic nitrogens is 1. The Morgan fingerprint density at radius 2 is 1.58 bits per heavy atom. The average molecular weight is 343 g/mol. The van der Waals surface area contributed by atoms with E-state index < -0.39 is 0 Å². The van der Waals surface area contributed by atoms with Crippen LogP contribution in [-0.2, 0) is 11.3 Å². The van der Waals surface area contributed by atoms with Gasteiger partial charge in [0.15, 0.2) is 0 Å². The van der Waals surface area contributed by atoms with Gasteiger partial charge in [-0.15, -0.1) is 0 Å². The first-order valence-corrected chi connectivity index (χ1v) is 9.14. The molecule has 1 aliphatic rings. The van der Waals surface area contributed by atoms with Crippen LogP contribution < -0.4 is 0 Å². The van der Waals surface area contributed by atoms with Crippen LogP contribution in [0.25, 0.3) is 0 Å². The van der Waals surface area contributed by atoms with Crippen LogP contribution in [0.15, 0.2) is 79.0 Å². The normalized spacial score (nSPS) is 15.3. The van der Waals surface area contributed by atoms with Crippen LogP contribution in [0.3, 0.4) is 0 Å². The first-order chi connectivity index (χ1) is 12.9. The second kappa shape index (κ2) is 8.26. The molecule has 0 N–H and O–H groups in total. The van der Waals surface area contributed by atoms with Gasteiger partial charge in [0.1, 0.15) is 0 Å². The molecular weight excluding hydrogens is 320 g/mol. The van der Waals surface area contributed by atoms with E-state index in [0.717, 1.165) is 38.5 Å². The Bertz CT molecular complexity index is 774. The van der Waals surface area contributed by atoms with Crippen molar-refractivity contribution >= 4 is 0 Å². The maximum absolute atomic E-state index is 5.50. The molecule has 0 atom stereocenters. The minimum atomic E-state index is 0.817. The van der Waals surface area contributed by atoms with Crippen molar-refractivity contribution in [3.63, 3.8) is 0 Å². The zero-order valence-electron chi connectivity index (χ0n) is 14.8. The zero-order chi connectivity index (χ0) is 17.6. The summed E-state index contributed by atoms with van der Waals surface area (Å²) in [5.41, 5.74) is 4.79. The van der Waals surface area contributed by atoms with Crippen molar-refractivity contribution in [2.24, 2.45) is 0 Å². The summed E-state index contributed by atoms with van der Waals surface area (Å²) >= 11 is 0. The quantitative estimate of drug-likeness (QED) is 0.702. The van der Waals surface area contributed by atoms with Crippen LogP contribution in [0.5, 0.6) is 0 Å². The van der Waals surface area contributed by atoms with Crippen molar-refractivity contribution in [3.05, 3.63) is 107 Å². The van der Waals surface area contributed by atoms with Gasteiger partial charge in [-0.05, 0) is 28.8 Å². The lowest BCUT2D eigenvalue weighted by atomic mass is 9.85. The van der Waals surface area contributed by atoms with Crippen molar-refractivity contribution in [3.8, 4) is 0 Å². The summed E-state index contributed by atoms with van der Waals surface area (Å²) in [6.07, 6.45) is 1.86. The van der Waals surface area contributed by atoms with E-state index in [-0.39, 0.29) is 0 Å². The Hall–Kier alpha value is -2.49. The van der Waals surface area contributed by atoms with Crippen LogP contribution in [-0.4, -0.2) is 36.2 Å². The number of rotatable bonds is 5. The number of ether oxygens (including phenoxy) is 1. The Balaban J connectivity index is 1.74. The predicted octanol–water partition coefficient (Wildman–Crippen LogP) is 3.93. The molecule has 1 aliphatic heterocycles. The maximum Gasteiger partial charge on any atom is 0.0820 e. The van der Waals surface area contributed by atoms with Crippen LogP contribution in [0.2, 0.25) is 0 Å². The molecule has 0 bridgehead atoms. The topological polar surface area (TPSA) is 25.4 Å². The Kier molecular flexibility index (Phi) is 5.38. The first-order valence-electron chi connectivity index (χ1n) is 9.14. The fourth-order valence-corrected chi connectivity index (χ4v) is 3.46. The third kappa shape index (κ3) is 3.85. The van der Waals surface area contributed by atoms with E-state index in [2.05, 4.69) is 76.6 Å². The molecule has 0 unspecified atom stereocenters. The van der Waals surface area contributed by atoms with Crippen molar-refractivity contribution in [1.29, 1.82) is 0 Å². The van der Waals surface area contributed by atoms with E-state index in [1.165, 1.54) is 22.6 Å². The molecule has 2 heterocycles. The van der Waals surface area contributed by atoms with Gasteiger partial charge in [0, 0.05) is 25.8 Å². The molecule has 4 rings (SSSR count). The monoisotopic (exact) mass is 343 g/mol. The largest absolute Gasteiger partial charge is 0.379 e. The molecule has 3 heteroatoms. The SMILES string of the molecule is c1ccc([C](c2ccccn2)c2ccccc2CN2CCOCC2)cc1. The fraction of sp³-hybridized carbons (Fsp3) is 0.217. The predicted molar refractivity (Wildman–Crippen MR) is 104 cm³/mol. The zero-order valence-corrected chi connectivity index (χ0v) is 14.8. The summed E-state index contributed by atoms with van der Waals surface area (Å²) in [4.78, 5) is 7.11. The van der Waals surface area contributed by atoms with Gasteiger partial charge in [-0.2, -0.15) is 0 Å². The van der Waals surface area contributed by atoms with Gasteiger partial charge in [0.25, 0.3) is 0 Å². The van der Waals surface area contributed by atoms with Crippen LogP contribution in [0.1, 0.15) is 22.4 Å². The minimum Gasteiger partial charge on any atom is -0.379 e. The molecule has 0 spiro atoms. The number of morpholine rings is 1. The van der Waals surface area contributed by atoms with E-state index in [9.17, 15) is 0 Å². The lowest BCUT2D eigenvalue weighted by Gasteiger charge is -2.28. The molecule has 1 radical (unpaired) electrons. The maximum atomic E-state index is 5.50. The van der Waals surface area contributed by atoms with Crippen LogP contribution >= 0.6 is 0 Å².